The molecule has 0 aliphatic rings. The minimum absolute atomic E-state index is 0.240. The summed E-state index contributed by atoms with van der Waals surface area (Å²) in [5, 5.41) is 3.20. The molecule has 17 heavy (non-hydrogen) atoms. The van der Waals surface area contributed by atoms with Gasteiger partial charge in [-0.2, -0.15) is 0 Å². The van der Waals surface area contributed by atoms with Gasteiger partial charge in [0.1, 0.15) is 17.3 Å². The predicted molar refractivity (Wildman–Crippen MR) is 68.2 cm³/mol. The standard InChI is InChI=1S/C12H19NO3S/c1-10(2)13-8-9-16-11-6-4-5-7-12(11)17(3,14)15/h4-7,10,13H,8-9H2,1-3H3. The quantitative estimate of drug-likeness (QED) is 0.784. The van der Waals surface area contributed by atoms with Crippen LogP contribution in [0, 0.1) is 0 Å². The van der Waals surface area contributed by atoms with Crippen LogP contribution in [0.3, 0.4) is 0 Å². The first-order valence-corrected chi connectivity index (χ1v) is 7.45. The molecule has 5 heteroatoms. The molecule has 1 rings (SSSR count). The Morgan fingerprint density at radius 3 is 2.53 bits per heavy atom. The van der Waals surface area contributed by atoms with Crippen LogP contribution in [0.4, 0.5) is 0 Å². The van der Waals surface area contributed by atoms with E-state index in [9.17, 15) is 8.42 Å². The summed E-state index contributed by atoms with van der Waals surface area (Å²) < 4.78 is 28.5. The Morgan fingerprint density at radius 2 is 1.94 bits per heavy atom. The highest BCUT2D eigenvalue weighted by atomic mass is 32.2. The van der Waals surface area contributed by atoms with Gasteiger partial charge in [-0.25, -0.2) is 8.42 Å². The van der Waals surface area contributed by atoms with Crippen molar-refractivity contribution in [2.45, 2.75) is 24.8 Å². The minimum Gasteiger partial charge on any atom is -0.491 e. The van der Waals surface area contributed by atoms with Crippen molar-refractivity contribution < 1.29 is 13.2 Å². The van der Waals surface area contributed by atoms with E-state index in [1.54, 1.807) is 24.3 Å². The average Bonchev–Trinajstić information content (AvgIpc) is 2.23. The molecule has 0 spiro atoms. The smallest absolute Gasteiger partial charge is 0.179 e. The summed E-state index contributed by atoms with van der Waals surface area (Å²) in [5.41, 5.74) is 0. The van der Waals surface area contributed by atoms with Crippen LogP contribution in [0.1, 0.15) is 13.8 Å². The van der Waals surface area contributed by atoms with Crippen LogP contribution in [-0.4, -0.2) is 33.9 Å². The molecule has 0 saturated heterocycles. The number of benzene rings is 1. The minimum atomic E-state index is -3.23. The van der Waals surface area contributed by atoms with Gasteiger partial charge in [0, 0.05) is 18.8 Å². The van der Waals surface area contributed by atoms with Gasteiger partial charge in [-0.3, -0.25) is 0 Å². The Bertz CT molecular complexity index is 455. The topological polar surface area (TPSA) is 55.4 Å². The third-order valence-corrected chi connectivity index (χ3v) is 3.30. The maximum atomic E-state index is 11.5. The average molecular weight is 257 g/mol. The summed E-state index contributed by atoms with van der Waals surface area (Å²) in [5.74, 6) is 0.417. The van der Waals surface area contributed by atoms with E-state index >= 15 is 0 Å². The lowest BCUT2D eigenvalue weighted by Gasteiger charge is -2.12. The van der Waals surface area contributed by atoms with Crippen molar-refractivity contribution in [3.63, 3.8) is 0 Å². The second-order valence-corrected chi connectivity index (χ2v) is 6.16. The number of rotatable bonds is 6. The zero-order chi connectivity index (χ0) is 12.9. The van der Waals surface area contributed by atoms with Crippen molar-refractivity contribution in [1.29, 1.82) is 0 Å². The lowest BCUT2D eigenvalue weighted by atomic mass is 10.3. The molecule has 1 N–H and O–H groups in total. The number of para-hydroxylation sites is 1. The van der Waals surface area contributed by atoms with Crippen molar-refractivity contribution in [2.24, 2.45) is 0 Å². The van der Waals surface area contributed by atoms with E-state index in [-0.39, 0.29) is 4.90 Å². The van der Waals surface area contributed by atoms with Gasteiger partial charge in [0.2, 0.25) is 0 Å². The predicted octanol–water partition coefficient (Wildman–Crippen LogP) is 1.47. The third kappa shape index (κ3) is 4.75. The van der Waals surface area contributed by atoms with Gasteiger partial charge in [-0.05, 0) is 12.1 Å². The number of nitrogens with one attached hydrogen (secondary N) is 1. The van der Waals surface area contributed by atoms with Crippen molar-refractivity contribution in [3.05, 3.63) is 24.3 Å². The second kappa shape index (κ2) is 6.02. The van der Waals surface area contributed by atoms with E-state index in [1.807, 2.05) is 13.8 Å². The van der Waals surface area contributed by atoms with Crippen LogP contribution < -0.4 is 10.1 Å². The van der Waals surface area contributed by atoms with E-state index in [0.717, 1.165) is 0 Å². The molecule has 96 valence electrons. The fourth-order valence-electron chi connectivity index (χ4n) is 1.38. The number of hydrogen-bond donors (Lipinski definition) is 1. The normalized spacial score (nSPS) is 11.8. The Labute approximate surface area is 103 Å². The van der Waals surface area contributed by atoms with Crippen molar-refractivity contribution in [1.82, 2.24) is 5.32 Å². The number of ether oxygens (including phenoxy) is 1. The summed E-state index contributed by atoms with van der Waals surface area (Å²) >= 11 is 0. The molecule has 0 saturated carbocycles. The van der Waals surface area contributed by atoms with Crippen LogP contribution in [0.2, 0.25) is 0 Å². The molecule has 0 amide bonds. The van der Waals surface area contributed by atoms with E-state index in [1.165, 1.54) is 6.26 Å². The Balaban J connectivity index is 2.65. The summed E-state index contributed by atoms with van der Waals surface area (Å²) in [6, 6.07) is 7.07. The van der Waals surface area contributed by atoms with Crippen molar-refractivity contribution >= 4 is 9.84 Å². The molecule has 0 aliphatic carbocycles. The zero-order valence-electron chi connectivity index (χ0n) is 10.4. The lowest BCUT2D eigenvalue weighted by Crippen LogP contribution is -2.27. The van der Waals surface area contributed by atoms with Crippen LogP contribution in [0.5, 0.6) is 5.75 Å². The van der Waals surface area contributed by atoms with E-state index in [4.69, 9.17) is 4.74 Å². The van der Waals surface area contributed by atoms with Crippen molar-refractivity contribution in [3.8, 4) is 5.75 Å². The molecule has 1 aromatic rings. The van der Waals surface area contributed by atoms with Gasteiger partial charge in [-0.1, -0.05) is 26.0 Å². The maximum absolute atomic E-state index is 11.5. The summed E-state index contributed by atoms with van der Waals surface area (Å²) in [6.07, 6.45) is 1.18. The molecule has 0 bridgehead atoms. The summed E-state index contributed by atoms with van der Waals surface area (Å²) in [6.45, 7) is 5.23. The molecule has 0 unspecified atom stereocenters. The first-order chi connectivity index (χ1) is 7.91. The summed E-state index contributed by atoms with van der Waals surface area (Å²) in [7, 11) is -3.23. The molecule has 1 aromatic carbocycles. The first kappa shape index (κ1) is 14.0. The lowest BCUT2D eigenvalue weighted by molar-refractivity contribution is 0.301. The van der Waals surface area contributed by atoms with Gasteiger partial charge in [0.15, 0.2) is 9.84 Å². The highest BCUT2D eigenvalue weighted by Crippen LogP contribution is 2.22. The fraction of sp³-hybridized carbons (Fsp3) is 0.500. The van der Waals surface area contributed by atoms with Gasteiger partial charge < -0.3 is 10.1 Å². The van der Waals surface area contributed by atoms with E-state index in [0.29, 0.717) is 24.9 Å². The van der Waals surface area contributed by atoms with Crippen LogP contribution in [-0.2, 0) is 9.84 Å². The monoisotopic (exact) mass is 257 g/mol. The van der Waals surface area contributed by atoms with Crippen LogP contribution in [0.25, 0.3) is 0 Å². The van der Waals surface area contributed by atoms with Gasteiger partial charge in [0.25, 0.3) is 0 Å². The molecule has 0 fully saturated rings. The molecule has 0 heterocycles. The largest absolute Gasteiger partial charge is 0.491 e. The van der Waals surface area contributed by atoms with Gasteiger partial charge in [0.05, 0.1) is 0 Å². The van der Waals surface area contributed by atoms with Crippen LogP contribution in [0.15, 0.2) is 29.2 Å². The highest BCUT2D eigenvalue weighted by molar-refractivity contribution is 7.90. The third-order valence-electron chi connectivity index (χ3n) is 2.16. The molecule has 0 aromatic heterocycles. The van der Waals surface area contributed by atoms with Gasteiger partial charge >= 0.3 is 0 Å². The number of hydrogen-bond acceptors (Lipinski definition) is 4. The van der Waals surface area contributed by atoms with Crippen molar-refractivity contribution in [2.75, 3.05) is 19.4 Å². The van der Waals surface area contributed by atoms with E-state index < -0.39 is 9.84 Å². The molecule has 0 radical (unpaired) electrons. The van der Waals surface area contributed by atoms with E-state index in [2.05, 4.69) is 5.32 Å². The fourth-order valence-corrected chi connectivity index (χ4v) is 2.20. The van der Waals surface area contributed by atoms with Gasteiger partial charge in [-0.15, -0.1) is 0 Å². The molecule has 0 atom stereocenters. The second-order valence-electron chi connectivity index (χ2n) is 4.18. The molecular formula is C12H19NO3S. The first-order valence-electron chi connectivity index (χ1n) is 5.56. The summed E-state index contributed by atoms with van der Waals surface area (Å²) in [4.78, 5) is 0.240. The van der Waals surface area contributed by atoms with Crippen LogP contribution >= 0.6 is 0 Å². The SMILES string of the molecule is CC(C)NCCOc1ccccc1S(C)(=O)=O. The Hall–Kier alpha value is -1.07. The Kier molecular flexibility index (Phi) is 4.96. The molecule has 4 nitrogen and oxygen atoms in total. The Morgan fingerprint density at radius 1 is 1.29 bits per heavy atom. The molecule has 0 aliphatic heterocycles. The maximum Gasteiger partial charge on any atom is 0.179 e. The number of sulfone groups is 1. The zero-order valence-corrected chi connectivity index (χ0v) is 11.3. The highest BCUT2D eigenvalue weighted by Gasteiger charge is 2.13. The molecular weight excluding hydrogens is 238 g/mol.